The van der Waals surface area contributed by atoms with Crippen molar-refractivity contribution in [2.45, 2.75) is 6.42 Å². The first-order valence-electron chi connectivity index (χ1n) is 8.26. The minimum Gasteiger partial charge on any atom is -0.497 e. The van der Waals surface area contributed by atoms with Gasteiger partial charge in [-0.2, -0.15) is 9.61 Å². The Morgan fingerprint density at radius 2 is 1.88 bits per heavy atom. The van der Waals surface area contributed by atoms with Gasteiger partial charge >= 0.3 is 0 Å². The summed E-state index contributed by atoms with van der Waals surface area (Å²) in [5.74, 6) is 1.67. The van der Waals surface area contributed by atoms with Crippen LogP contribution in [0.5, 0.6) is 5.75 Å². The topological polar surface area (TPSA) is 55.6 Å². The zero-order chi connectivity index (χ0) is 18.1. The second kappa shape index (κ2) is 6.76. The minimum absolute atomic E-state index is 0.673. The summed E-state index contributed by atoms with van der Waals surface area (Å²) in [6.45, 7) is 0. The van der Waals surface area contributed by atoms with Crippen LogP contribution in [0.25, 0.3) is 15.5 Å². The smallest absolute Gasteiger partial charge is 0.234 e. The van der Waals surface area contributed by atoms with Gasteiger partial charge in [0.1, 0.15) is 10.8 Å². The summed E-state index contributed by atoms with van der Waals surface area (Å²) in [4.78, 5) is 2.89. The van der Waals surface area contributed by atoms with E-state index >= 15 is 0 Å². The van der Waals surface area contributed by atoms with Crippen LogP contribution in [0.3, 0.4) is 0 Å². The SMILES string of the molecule is COc1ccc(Cc2nnc3sc(-c4cccc(N(C)C)c4)nn23)cc1. The summed E-state index contributed by atoms with van der Waals surface area (Å²) in [6, 6.07) is 16.3. The van der Waals surface area contributed by atoms with E-state index in [9.17, 15) is 0 Å². The fourth-order valence-corrected chi connectivity index (χ4v) is 3.58. The highest BCUT2D eigenvalue weighted by molar-refractivity contribution is 7.19. The number of hydrogen-bond donors (Lipinski definition) is 0. The Bertz CT molecular complexity index is 1040. The van der Waals surface area contributed by atoms with Gasteiger partial charge in [-0.1, -0.05) is 35.6 Å². The van der Waals surface area contributed by atoms with Crippen molar-refractivity contribution in [3.8, 4) is 16.3 Å². The van der Waals surface area contributed by atoms with Crippen LogP contribution >= 0.6 is 11.3 Å². The number of ether oxygens (including phenoxy) is 1. The number of methoxy groups -OCH3 is 1. The molecule has 7 heteroatoms. The lowest BCUT2D eigenvalue weighted by Gasteiger charge is -2.12. The molecule has 0 radical (unpaired) electrons. The van der Waals surface area contributed by atoms with E-state index in [0.717, 1.165) is 38.4 Å². The molecule has 4 rings (SSSR count). The lowest BCUT2D eigenvalue weighted by Crippen LogP contribution is -2.08. The van der Waals surface area contributed by atoms with E-state index in [0.29, 0.717) is 6.42 Å². The number of nitrogens with zero attached hydrogens (tertiary/aromatic N) is 5. The summed E-state index contributed by atoms with van der Waals surface area (Å²) in [6.07, 6.45) is 0.673. The van der Waals surface area contributed by atoms with Gasteiger partial charge in [-0.3, -0.25) is 0 Å². The molecule has 2 heterocycles. The highest BCUT2D eigenvalue weighted by atomic mass is 32.1. The van der Waals surface area contributed by atoms with Crippen molar-refractivity contribution in [1.29, 1.82) is 0 Å². The van der Waals surface area contributed by atoms with Crippen LogP contribution in [0.4, 0.5) is 5.69 Å². The zero-order valence-corrected chi connectivity index (χ0v) is 15.7. The molecule has 0 aliphatic carbocycles. The van der Waals surface area contributed by atoms with Crippen LogP contribution in [-0.4, -0.2) is 41.0 Å². The van der Waals surface area contributed by atoms with Crippen molar-refractivity contribution >= 4 is 22.0 Å². The van der Waals surface area contributed by atoms with Gasteiger partial charge in [-0.25, -0.2) is 0 Å². The molecule has 0 saturated heterocycles. The third-order valence-electron chi connectivity index (χ3n) is 4.19. The van der Waals surface area contributed by atoms with E-state index < -0.39 is 0 Å². The lowest BCUT2D eigenvalue weighted by atomic mass is 10.1. The number of aromatic nitrogens is 4. The van der Waals surface area contributed by atoms with Crippen LogP contribution in [0.15, 0.2) is 48.5 Å². The van der Waals surface area contributed by atoms with Crippen LogP contribution in [-0.2, 0) is 6.42 Å². The van der Waals surface area contributed by atoms with Crippen molar-refractivity contribution in [1.82, 2.24) is 19.8 Å². The van der Waals surface area contributed by atoms with E-state index in [4.69, 9.17) is 9.84 Å². The predicted molar refractivity (Wildman–Crippen MR) is 104 cm³/mol. The molecule has 26 heavy (non-hydrogen) atoms. The van der Waals surface area contributed by atoms with E-state index in [2.05, 4.69) is 33.3 Å². The molecule has 6 nitrogen and oxygen atoms in total. The maximum absolute atomic E-state index is 5.21. The number of hydrogen-bond acceptors (Lipinski definition) is 6. The highest BCUT2D eigenvalue weighted by Gasteiger charge is 2.14. The predicted octanol–water partition coefficient (Wildman–Crippen LogP) is 3.52. The Morgan fingerprint density at radius 3 is 2.62 bits per heavy atom. The largest absolute Gasteiger partial charge is 0.497 e. The Labute approximate surface area is 155 Å². The molecular formula is C19H19N5OS. The fourth-order valence-electron chi connectivity index (χ4n) is 2.73. The Hall–Kier alpha value is -2.93. The molecule has 0 aliphatic heterocycles. The monoisotopic (exact) mass is 365 g/mol. The van der Waals surface area contributed by atoms with Crippen LogP contribution in [0.1, 0.15) is 11.4 Å². The lowest BCUT2D eigenvalue weighted by molar-refractivity contribution is 0.414. The van der Waals surface area contributed by atoms with Gasteiger partial charge < -0.3 is 9.64 Å². The number of fused-ring (bicyclic) bond motifs is 1. The van der Waals surface area contributed by atoms with Crippen LogP contribution < -0.4 is 9.64 Å². The molecule has 0 fully saturated rings. The first-order chi connectivity index (χ1) is 12.6. The zero-order valence-electron chi connectivity index (χ0n) is 14.9. The molecule has 0 amide bonds. The van der Waals surface area contributed by atoms with E-state index in [1.54, 1.807) is 18.4 Å². The number of benzene rings is 2. The van der Waals surface area contributed by atoms with Crippen LogP contribution in [0.2, 0.25) is 0 Å². The third kappa shape index (κ3) is 3.13. The third-order valence-corrected chi connectivity index (χ3v) is 5.13. The Balaban J connectivity index is 1.65. The van der Waals surface area contributed by atoms with E-state index in [-0.39, 0.29) is 0 Å². The molecule has 0 saturated carbocycles. The first-order valence-corrected chi connectivity index (χ1v) is 9.07. The second-order valence-corrected chi connectivity index (χ2v) is 7.14. The summed E-state index contributed by atoms with van der Waals surface area (Å²) < 4.78 is 7.05. The van der Waals surface area contributed by atoms with E-state index in [1.807, 2.05) is 48.9 Å². The normalized spacial score (nSPS) is 11.0. The molecule has 0 bridgehead atoms. The van der Waals surface area contributed by atoms with Gasteiger partial charge in [-0.05, 0) is 29.8 Å². The average molecular weight is 365 g/mol. The summed E-state index contributed by atoms with van der Waals surface area (Å²) in [5.41, 5.74) is 3.37. The molecule has 0 unspecified atom stereocenters. The molecule has 2 aromatic heterocycles. The van der Waals surface area contributed by atoms with Gasteiger partial charge in [-0.15, -0.1) is 10.2 Å². The molecule has 4 aromatic rings. The molecule has 0 N–H and O–H groups in total. The molecule has 132 valence electrons. The summed E-state index contributed by atoms with van der Waals surface area (Å²) in [7, 11) is 5.73. The molecule has 0 spiro atoms. The van der Waals surface area contributed by atoms with Crippen molar-refractivity contribution in [3.05, 3.63) is 59.9 Å². The van der Waals surface area contributed by atoms with Crippen molar-refractivity contribution < 1.29 is 4.74 Å². The van der Waals surface area contributed by atoms with Crippen molar-refractivity contribution in [2.75, 3.05) is 26.1 Å². The number of rotatable bonds is 5. The Kier molecular flexibility index (Phi) is 4.30. The first kappa shape index (κ1) is 16.5. The molecule has 0 atom stereocenters. The van der Waals surface area contributed by atoms with Crippen molar-refractivity contribution in [2.24, 2.45) is 0 Å². The highest BCUT2D eigenvalue weighted by Crippen LogP contribution is 2.28. The van der Waals surface area contributed by atoms with Gasteiger partial charge in [0.25, 0.3) is 0 Å². The van der Waals surface area contributed by atoms with Crippen LogP contribution in [0, 0.1) is 0 Å². The molecule has 0 aliphatic rings. The Morgan fingerprint density at radius 1 is 1.08 bits per heavy atom. The summed E-state index contributed by atoms with van der Waals surface area (Å²) in [5, 5.41) is 14.3. The quantitative estimate of drug-likeness (QED) is 0.542. The number of anilines is 1. The van der Waals surface area contributed by atoms with Crippen molar-refractivity contribution in [3.63, 3.8) is 0 Å². The van der Waals surface area contributed by atoms with Gasteiger partial charge in [0, 0.05) is 31.8 Å². The fraction of sp³-hybridized carbons (Fsp3) is 0.211. The second-order valence-electron chi connectivity index (χ2n) is 6.19. The van der Waals surface area contributed by atoms with Gasteiger partial charge in [0.15, 0.2) is 5.82 Å². The molecule has 2 aromatic carbocycles. The summed E-state index contributed by atoms with van der Waals surface area (Å²) >= 11 is 1.55. The molecular weight excluding hydrogens is 346 g/mol. The minimum atomic E-state index is 0.673. The van der Waals surface area contributed by atoms with Gasteiger partial charge in [0.05, 0.1) is 7.11 Å². The standard InChI is InChI=1S/C19H19N5OS/c1-23(2)15-6-4-5-14(12-15)18-22-24-17(20-21-19(24)26-18)11-13-7-9-16(25-3)10-8-13/h4-10,12H,11H2,1-3H3. The maximum atomic E-state index is 5.21. The van der Waals surface area contributed by atoms with E-state index in [1.165, 1.54) is 0 Å². The van der Waals surface area contributed by atoms with Gasteiger partial charge in [0.2, 0.25) is 4.96 Å². The average Bonchev–Trinajstić information content (AvgIpc) is 3.24. The maximum Gasteiger partial charge on any atom is 0.234 e.